The maximum atomic E-state index is 12.3. The number of aryl methyl sites for hydroxylation is 1. The molecule has 0 fully saturated rings. The Hall–Kier alpha value is -1.50. The molecular weight excluding hydrogens is 262 g/mol. The Morgan fingerprint density at radius 2 is 2.00 bits per heavy atom. The van der Waals surface area contributed by atoms with E-state index in [9.17, 15) is 8.42 Å². The van der Waals surface area contributed by atoms with E-state index in [4.69, 9.17) is 0 Å². The first-order chi connectivity index (χ1) is 9.06. The summed E-state index contributed by atoms with van der Waals surface area (Å²) >= 11 is 0. The predicted octanol–water partition coefficient (Wildman–Crippen LogP) is 1.04. The Morgan fingerprint density at radius 3 is 2.74 bits per heavy atom. The lowest BCUT2D eigenvalue weighted by Gasteiger charge is -2.10. The van der Waals surface area contributed by atoms with Gasteiger partial charge in [-0.15, -0.1) is 0 Å². The number of benzene rings is 1. The van der Waals surface area contributed by atoms with Crippen LogP contribution in [0.3, 0.4) is 0 Å². The van der Waals surface area contributed by atoms with Gasteiger partial charge in [-0.1, -0.05) is 6.07 Å². The van der Waals surface area contributed by atoms with Crippen molar-refractivity contribution < 1.29 is 8.42 Å². The molecule has 2 rings (SSSR count). The van der Waals surface area contributed by atoms with Gasteiger partial charge in [-0.05, 0) is 37.7 Å². The number of likely N-dealkylation sites (N-methyl/N-ethyl adjacent to an activating group) is 1. The molecule has 0 bridgehead atoms. The van der Waals surface area contributed by atoms with Crippen molar-refractivity contribution in [1.29, 1.82) is 0 Å². The molecule has 0 aliphatic heterocycles. The first kappa shape index (κ1) is 13.9. The lowest BCUT2D eigenvalue weighted by Crippen LogP contribution is -2.30. The summed E-state index contributed by atoms with van der Waals surface area (Å²) < 4.78 is 27.1. The molecule has 1 aromatic carbocycles. The summed E-state index contributed by atoms with van der Waals surface area (Å²) in [5.41, 5.74) is 1.68. The van der Waals surface area contributed by atoms with Gasteiger partial charge in [0.05, 0.1) is 10.4 Å². The Balaban J connectivity index is 2.48. The van der Waals surface area contributed by atoms with Gasteiger partial charge in [0.25, 0.3) is 0 Å². The summed E-state index contributed by atoms with van der Waals surface area (Å²) in [7, 11) is -1.73. The molecule has 0 spiro atoms. The second-order valence-electron chi connectivity index (χ2n) is 4.28. The zero-order chi connectivity index (χ0) is 13.9. The minimum Gasteiger partial charge on any atom is -0.318 e. The fourth-order valence-corrected chi connectivity index (χ4v) is 3.14. The van der Waals surface area contributed by atoms with E-state index >= 15 is 0 Å². The number of nitrogens with zero attached hydrogens (tertiary/aromatic N) is 1. The molecular formula is C13H17N3O2S. The third-order valence-electron chi connectivity index (χ3n) is 2.89. The zero-order valence-electron chi connectivity index (χ0n) is 11.0. The minimum atomic E-state index is -3.51. The summed E-state index contributed by atoms with van der Waals surface area (Å²) in [5, 5.41) is 3.55. The number of aromatic nitrogens is 1. The van der Waals surface area contributed by atoms with Crippen LogP contribution in [0.1, 0.15) is 5.56 Å². The van der Waals surface area contributed by atoms with E-state index < -0.39 is 10.0 Å². The zero-order valence-corrected chi connectivity index (χ0v) is 11.8. The van der Waals surface area contributed by atoms with E-state index in [0.29, 0.717) is 18.5 Å². The molecule has 102 valence electrons. The van der Waals surface area contributed by atoms with Crippen LogP contribution < -0.4 is 10.0 Å². The van der Waals surface area contributed by atoms with Crippen molar-refractivity contribution in [2.24, 2.45) is 0 Å². The summed E-state index contributed by atoms with van der Waals surface area (Å²) in [6.45, 7) is 2.86. The third kappa shape index (κ3) is 2.91. The Labute approximate surface area is 113 Å². The fourth-order valence-electron chi connectivity index (χ4n) is 1.91. The summed E-state index contributed by atoms with van der Waals surface area (Å²) in [5.74, 6) is 0. The minimum absolute atomic E-state index is 0.275. The van der Waals surface area contributed by atoms with Crippen molar-refractivity contribution in [3.63, 3.8) is 0 Å². The molecule has 0 atom stereocenters. The van der Waals surface area contributed by atoms with E-state index in [0.717, 1.165) is 11.1 Å². The molecule has 19 heavy (non-hydrogen) atoms. The van der Waals surface area contributed by atoms with Gasteiger partial charge in [-0.2, -0.15) is 0 Å². The van der Waals surface area contributed by atoms with Gasteiger partial charge in [0.15, 0.2) is 0 Å². The largest absolute Gasteiger partial charge is 0.318 e. The van der Waals surface area contributed by atoms with Crippen LogP contribution in [0.4, 0.5) is 0 Å². The second-order valence-corrected chi connectivity index (χ2v) is 6.02. The van der Waals surface area contributed by atoms with Crippen LogP contribution >= 0.6 is 0 Å². The molecule has 6 heteroatoms. The highest BCUT2D eigenvalue weighted by atomic mass is 32.2. The molecule has 0 saturated carbocycles. The standard InChI is InChI=1S/C13H17N3O2S/c1-10-5-6-12(11-4-3-7-15-13(10)11)19(17,18)16-9-8-14-2/h3-7,14,16H,8-9H2,1-2H3. The smallest absolute Gasteiger partial charge is 0.241 e. The van der Waals surface area contributed by atoms with Crippen LogP contribution in [0.25, 0.3) is 10.9 Å². The maximum Gasteiger partial charge on any atom is 0.241 e. The molecule has 0 unspecified atom stereocenters. The molecule has 0 aliphatic rings. The van der Waals surface area contributed by atoms with Gasteiger partial charge in [0.2, 0.25) is 10.0 Å². The topological polar surface area (TPSA) is 71.1 Å². The molecule has 0 aliphatic carbocycles. The Bertz CT molecular complexity index is 683. The fraction of sp³-hybridized carbons (Fsp3) is 0.308. The Morgan fingerprint density at radius 1 is 1.21 bits per heavy atom. The van der Waals surface area contributed by atoms with Gasteiger partial charge in [-0.25, -0.2) is 13.1 Å². The van der Waals surface area contributed by atoms with Crippen LogP contribution in [0.2, 0.25) is 0 Å². The lowest BCUT2D eigenvalue weighted by molar-refractivity contribution is 0.580. The number of nitrogens with one attached hydrogen (secondary N) is 2. The molecule has 2 aromatic rings. The molecule has 0 radical (unpaired) electrons. The van der Waals surface area contributed by atoms with E-state index in [1.807, 2.05) is 6.92 Å². The van der Waals surface area contributed by atoms with Crippen LogP contribution in [0, 0.1) is 6.92 Å². The first-order valence-electron chi connectivity index (χ1n) is 6.05. The number of fused-ring (bicyclic) bond motifs is 1. The lowest BCUT2D eigenvalue weighted by atomic mass is 10.1. The van der Waals surface area contributed by atoms with Crippen LogP contribution in [0.15, 0.2) is 35.4 Å². The van der Waals surface area contributed by atoms with E-state index in [1.54, 1.807) is 37.5 Å². The van der Waals surface area contributed by atoms with Gasteiger partial charge in [0.1, 0.15) is 0 Å². The molecule has 0 amide bonds. The second kappa shape index (κ2) is 5.64. The number of hydrogen-bond donors (Lipinski definition) is 2. The van der Waals surface area contributed by atoms with Crippen molar-refractivity contribution in [3.05, 3.63) is 36.0 Å². The van der Waals surface area contributed by atoms with Crippen molar-refractivity contribution >= 4 is 20.9 Å². The summed E-state index contributed by atoms with van der Waals surface area (Å²) in [4.78, 5) is 4.52. The Kier molecular flexibility index (Phi) is 4.14. The van der Waals surface area contributed by atoms with Gasteiger partial charge in [0, 0.05) is 24.7 Å². The van der Waals surface area contributed by atoms with Crippen LogP contribution in [-0.2, 0) is 10.0 Å². The monoisotopic (exact) mass is 279 g/mol. The normalized spacial score (nSPS) is 11.9. The van der Waals surface area contributed by atoms with E-state index in [2.05, 4.69) is 15.0 Å². The molecule has 2 N–H and O–H groups in total. The van der Waals surface area contributed by atoms with Crippen molar-refractivity contribution in [2.75, 3.05) is 20.1 Å². The predicted molar refractivity (Wildman–Crippen MR) is 75.6 cm³/mol. The highest BCUT2D eigenvalue weighted by Crippen LogP contribution is 2.23. The van der Waals surface area contributed by atoms with Crippen LogP contribution in [0.5, 0.6) is 0 Å². The average molecular weight is 279 g/mol. The first-order valence-corrected chi connectivity index (χ1v) is 7.53. The number of sulfonamides is 1. The highest BCUT2D eigenvalue weighted by molar-refractivity contribution is 7.89. The molecule has 1 aromatic heterocycles. The number of rotatable bonds is 5. The quantitative estimate of drug-likeness (QED) is 0.802. The van der Waals surface area contributed by atoms with Gasteiger partial charge < -0.3 is 5.32 Å². The van der Waals surface area contributed by atoms with Crippen molar-refractivity contribution in [2.45, 2.75) is 11.8 Å². The molecule has 1 heterocycles. The van der Waals surface area contributed by atoms with Crippen molar-refractivity contribution in [1.82, 2.24) is 15.0 Å². The third-order valence-corrected chi connectivity index (χ3v) is 4.41. The average Bonchev–Trinajstić information content (AvgIpc) is 2.39. The van der Waals surface area contributed by atoms with Gasteiger partial charge in [-0.3, -0.25) is 4.98 Å². The molecule has 5 nitrogen and oxygen atoms in total. The molecule has 0 saturated heterocycles. The van der Waals surface area contributed by atoms with Crippen LogP contribution in [-0.4, -0.2) is 33.5 Å². The number of pyridine rings is 1. The SMILES string of the molecule is CNCCNS(=O)(=O)c1ccc(C)c2ncccc12. The maximum absolute atomic E-state index is 12.3. The summed E-state index contributed by atoms with van der Waals surface area (Å²) in [6.07, 6.45) is 1.67. The summed E-state index contributed by atoms with van der Waals surface area (Å²) in [6, 6.07) is 6.93. The number of hydrogen-bond acceptors (Lipinski definition) is 4. The van der Waals surface area contributed by atoms with E-state index in [1.165, 1.54) is 0 Å². The van der Waals surface area contributed by atoms with Crippen molar-refractivity contribution in [3.8, 4) is 0 Å². The van der Waals surface area contributed by atoms with E-state index in [-0.39, 0.29) is 4.90 Å². The van der Waals surface area contributed by atoms with Gasteiger partial charge >= 0.3 is 0 Å². The highest BCUT2D eigenvalue weighted by Gasteiger charge is 2.17.